The maximum absolute atomic E-state index is 12.4. The lowest BCUT2D eigenvalue weighted by molar-refractivity contribution is 0.0921. The van der Waals surface area contributed by atoms with Gasteiger partial charge in [0.05, 0.1) is 12.7 Å². The molecule has 0 aliphatic carbocycles. The van der Waals surface area contributed by atoms with Gasteiger partial charge in [-0.1, -0.05) is 0 Å². The van der Waals surface area contributed by atoms with Gasteiger partial charge in [0.1, 0.15) is 5.75 Å². The Morgan fingerprint density at radius 1 is 1.55 bits per heavy atom. The van der Waals surface area contributed by atoms with E-state index in [1.165, 1.54) is 6.42 Å². The molecule has 2 unspecified atom stereocenters. The second-order valence-electron chi connectivity index (χ2n) is 5.21. The van der Waals surface area contributed by atoms with E-state index in [4.69, 9.17) is 4.74 Å². The van der Waals surface area contributed by atoms with Gasteiger partial charge in [0.25, 0.3) is 5.91 Å². The van der Waals surface area contributed by atoms with E-state index in [2.05, 4.69) is 33.5 Å². The first-order valence-corrected chi connectivity index (χ1v) is 7.76. The predicted octanol–water partition coefficient (Wildman–Crippen LogP) is 2.58. The highest BCUT2D eigenvalue weighted by molar-refractivity contribution is 9.10. The third-order valence-electron chi connectivity index (χ3n) is 3.82. The van der Waals surface area contributed by atoms with Crippen molar-refractivity contribution in [3.8, 4) is 5.75 Å². The normalized spacial score (nSPS) is 20.2. The second-order valence-corrected chi connectivity index (χ2v) is 6.07. The average molecular weight is 341 g/mol. The molecule has 1 aromatic rings. The van der Waals surface area contributed by atoms with Crippen LogP contribution in [0.25, 0.3) is 0 Å². The third-order valence-corrected chi connectivity index (χ3v) is 4.51. The number of hydrogen-bond donors (Lipinski definition) is 2. The van der Waals surface area contributed by atoms with Crippen LogP contribution in [0, 0.1) is 5.92 Å². The van der Waals surface area contributed by atoms with E-state index in [0.29, 0.717) is 17.2 Å². The molecule has 1 amide bonds. The molecule has 4 nitrogen and oxygen atoms in total. The van der Waals surface area contributed by atoms with Gasteiger partial charge in [0, 0.05) is 10.5 Å². The molecule has 1 aliphatic rings. The van der Waals surface area contributed by atoms with E-state index < -0.39 is 0 Å². The van der Waals surface area contributed by atoms with Gasteiger partial charge in [0.15, 0.2) is 0 Å². The van der Waals surface area contributed by atoms with Crippen molar-refractivity contribution in [2.45, 2.75) is 25.8 Å². The van der Waals surface area contributed by atoms with Crippen LogP contribution < -0.4 is 15.4 Å². The molecule has 2 atom stereocenters. The first kappa shape index (κ1) is 15.3. The number of hydrogen-bond acceptors (Lipinski definition) is 3. The molecule has 2 rings (SSSR count). The van der Waals surface area contributed by atoms with E-state index in [1.54, 1.807) is 13.2 Å². The lowest BCUT2D eigenvalue weighted by atomic mass is 9.92. The zero-order chi connectivity index (χ0) is 14.5. The van der Waals surface area contributed by atoms with E-state index >= 15 is 0 Å². The first-order chi connectivity index (χ1) is 9.61. The molecule has 1 aliphatic heterocycles. The Morgan fingerprint density at radius 2 is 2.35 bits per heavy atom. The highest BCUT2D eigenvalue weighted by Crippen LogP contribution is 2.23. The fraction of sp³-hybridized carbons (Fsp3) is 0.533. The van der Waals surface area contributed by atoms with Crippen LogP contribution in [0.1, 0.15) is 30.1 Å². The van der Waals surface area contributed by atoms with Crippen molar-refractivity contribution < 1.29 is 9.53 Å². The maximum atomic E-state index is 12.4. The highest BCUT2D eigenvalue weighted by Gasteiger charge is 2.22. The maximum Gasteiger partial charge on any atom is 0.252 e. The molecule has 1 aromatic carbocycles. The van der Waals surface area contributed by atoms with E-state index in [0.717, 1.165) is 24.0 Å². The molecule has 0 aromatic heterocycles. The van der Waals surface area contributed by atoms with Crippen molar-refractivity contribution >= 4 is 21.8 Å². The standard InChI is InChI=1S/C15H21BrN2O2/c1-10(11-4-3-7-17-9-11)18-15(19)13-8-12(20-2)5-6-14(13)16/h5-6,8,10-11,17H,3-4,7,9H2,1-2H3,(H,18,19). The number of carbonyl (C=O) groups is 1. The third kappa shape index (κ3) is 3.73. The van der Waals surface area contributed by atoms with E-state index in [-0.39, 0.29) is 11.9 Å². The highest BCUT2D eigenvalue weighted by atomic mass is 79.9. The van der Waals surface area contributed by atoms with Crippen molar-refractivity contribution in [1.29, 1.82) is 0 Å². The summed E-state index contributed by atoms with van der Waals surface area (Å²) in [6.45, 7) is 4.13. The first-order valence-electron chi connectivity index (χ1n) is 6.97. The Labute approximate surface area is 128 Å². The summed E-state index contributed by atoms with van der Waals surface area (Å²) < 4.78 is 5.95. The van der Waals surface area contributed by atoms with Crippen LogP contribution in [0.15, 0.2) is 22.7 Å². The van der Waals surface area contributed by atoms with Crippen LogP contribution in [0.5, 0.6) is 5.75 Å². The molecule has 5 heteroatoms. The summed E-state index contributed by atoms with van der Waals surface area (Å²) in [5.74, 6) is 1.12. The number of methoxy groups -OCH3 is 1. The van der Waals surface area contributed by atoms with Crippen LogP contribution in [0.3, 0.4) is 0 Å². The molecule has 110 valence electrons. The van der Waals surface area contributed by atoms with Gasteiger partial charge < -0.3 is 15.4 Å². The molecule has 0 radical (unpaired) electrons. The number of nitrogens with one attached hydrogen (secondary N) is 2. The van der Waals surface area contributed by atoms with Gasteiger partial charge in [-0.15, -0.1) is 0 Å². The smallest absolute Gasteiger partial charge is 0.252 e. The number of benzene rings is 1. The molecule has 20 heavy (non-hydrogen) atoms. The minimum atomic E-state index is -0.0613. The number of piperidine rings is 1. The van der Waals surface area contributed by atoms with Crippen LogP contribution in [0.2, 0.25) is 0 Å². The monoisotopic (exact) mass is 340 g/mol. The Balaban J connectivity index is 2.03. The Hall–Kier alpha value is -1.07. The van der Waals surface area contributed by atoms with E-state index in [1.807, 2.05) is 12.1 Å². The zero-order valence-corrected chi connectivity index (χ0v) is 13.5. The molecule has 1 fully saturated rings. The molecule has 1 heterocycles. The SMILES string of the molecule is COc1ccc(Br)c(C(=O)NC(C)C2CCCNC2)c1. The van der Waals surface area contributed by atoms with Crippen molar-refractivity contribution in [2.24, 2.45) is 5.92 Å². The van der Waals surface area contributed by atoms with Gasteiger partial charge in [-0.05, 0) is 72.9 Å². The molecule has 2 N–H and O–H groups in total. The Morgan fingerprint density at radius 3 is 3.00 bits per heavy atom. The summed E-state index contributed by atoms with van der Waals surface area (Å²) in [7, 11) is 1.60. The summed E-state index contributed by atoms with van der Waals surface area (Å²) >= 11 is 3.42. The van der Waals surface area contributed by atoms with Gasteiger partial charge in [-0.25, -0.2) is 0 Å². The number of carbonyl (C=O) groups excluding carboxylic acids is 1. The molecular formula is C15H21BrN2O2. The van der Waals surface area contributed by atoms with Crippen LogP contribution in [-0.2, 0) is 0 Å². The molecular weight excluding hydrogens is 320 g/mol. The van der Waals surface area contributed by atoms with Gasteiger partial charge in [-0.2, -0.15) is 0 Å². The number of ether oxygens (including phenoxy) is 1. The topological polar surface area (TPSA) is 50.4 Å². The molecule has 0 spiro atoms. The number of amides is 1. The fourth-order valence-corrected chi connectivity index (χ4v) is 2.94. The fourth-order valence-electron chi connectivity index (χ4n) is 2.51. The molecule has 0 saturated carbocycles. The molecule has 0 bridgehead atoms. The predicted molar refractivity (Wildman–Crippen MR) is 83.2 cm³/mol. The van der Waals surface area contributed by atoms with Gasteiger partial charge in [-0.3, -0.25) is 4.79 Å². The quantitative estimate of drug-likeness (QED) is 0.885. The summed E-state index contributed by atoms with van der Waals surface area (Å²) in [4.78, 5) is 12.4. The Kier molecular flexibility index (Phi) is 5.43. The summed E-state index contributed by atoms with van der Waals surface area (Å²) in [5, 5.41) is 6.47. The molecule has 1 saturated heterocycles. The van der Waals surface area contributed by atoms with Crippen molar-refractivity contribution in [2.75, 3.05) is 20.2 Å². The Bertz CT molecular complexity index is 473. The lowest BCUT2D eigenvalue weighted by Gasteiger charge is -2.29. The summed E-state index contributed by atoms with van der Waals surface area (Å²) in [6, 6.07) is 5.58. The van der Waals surface area contributed by atoms with Crippen molar-refractivity contribution in [1.82, 2.24) is 10.6 Å². The van der Waals surface area contributed by atoms with Gasteiger partial charge >= 0.3 is 0 Å². The summed E-state index contributed by atoms with van der Waals surface area (Å²) in [6.07, 6.45) is 2.33. The van der Waals surface area contributed by atoms with Gasteiger partial charge in [0.2, 0.25) is 0 Å². The largest absolute Gasteiger partial charge is 0.497 e. The van der Waals surface area contributed by atoms with Crippen molar-refractivity contribution in [3.05, 3.63) is 28.2 Å². The second kappa shape index (κ2) is 7.09. The summed E-state index contributed by atoms with van der Waals surface area (Å²) in [5.41, 5.74) is 0.611. The zero-order valence-electron chi connectivity index (χ0n) is 11.9. The number of halogens is 1. The lowest BCUT2D eigenvalue weighted by Crippen LogP contribution is -2.44. The van der Waals surface area contributed by atoms with Crippen LogP contribution in [-0.4, -0.2) is 32.1 Å². The minimum Gasteiger partial charge on any atom is -0.497 e. The van der Waals surface area contributed by atoms with Crippen LogP contribution in [0.4, 0.5) is 0 Å². The number of rotatable bonds is 4. The van der Waals surface area contributed by atoms with E-state index in [9.17, 15) is 4.79 Å². The van der Waals surface area contributed by atoms with Crippen LogP contribution >= 0.6 is 15.9 Å². The van der Waals surface area contributed by atoms with Crippen molar-refractivity contribution in [3.63, 3.8) is 0 Å². The average Bonchev–Trinajstić information content (AvgIpc) is 2.48. The minimum absolute atomic E-state index is 0.0613.